The fraction of sp³-hybridized carbons (Fsp3) is 1.00. The maximum atomic E-state index is 11.7. The molecule has 0 heterocycles. The molecule has 0 aliphatic heterocycles. The highest BCUT2D eigenvalue weighted by Crippen LogP contribution is 2.28. The van der Waals surface area contributed by atoms with Gasteiger partial charge in [0.05, 0.1) is 6.54 Å². The third kappa shape index (κ3) is 3.04. The van der Waals surface area contributed by atoms with E-state index >= 15 is 0 Å². The fourth-order valence-corrected chi connectivity index (χ4v) is 0.531. The summed E-state index contributed by atoms with van der Waals surface area (Å²) < 4.78 is 35.0. The van der Waals surface area contributed by atoms with Crippen LogP contribution in [-0.2, 0) is 0 Å². The lowest BCUT2D eigenvalue weighted by Crippen LogP contribution is -2.52. The molecule has 0 radical (unpaired) electrons. The van der Waals surface area contributed by atoms with Gasteiger partial charge in [-0.25, -0.2) is 0 Å². The second-order valence-corrected chi connectivity index (χ2v) is 2.55. The molecule has 0 fully saturated rings. The molecule has 0 saturated heterocycles. The van der Waals surface area contributed by atoms with Crippen molar-refractivity contribution in [2.45, 2.75) is 12.0 Å². The van der Waals surface area contributed by atoms with Crippen LogP contribution in [0.1, 0.15) is 0 Å². The van der Waals surface area contributed by atoms with Crippen molar-refractivity contribution < 1.29 is 23.4 Å². The molecular formula is C5H10F3NO2. The van der Waals surface area contributed by atoms with Gasteiger partial charge in [0.1, 0.15) is 0 Å². The number of nitrogens with zero attached hydrogens (tertiary/aromatic N) is 1. The van der Waals surface area contributed by atoms with Crippen molar-refractivity contribution in [2.24, 2.45) is 0 Å². The fourth-order valence-electron chi connectivity index (χ4n) is 0.531. The summed E-state index contributed by atoms with van der Waals surface area (Å²) in [4.78, 5) is 1.04. The standard InChI is InChI=1S/C5H10F3NO2/c1-9(2)3-4(10,11)5(6,7)8/h10-11H,3H2,1-2H3. The predicted molar refractivity (Wildman–Crippen MR) is 31.8 cm³/mol. The van der Waals surface area contributed by atoms with Crippen LogP contribution >= 0.6 is 0 Å². The molecule has 6 heteroatoms. The average Bonchev–Trinajstić information content (AvgIpc) is 1.56. The minimum atomic E-state index is -5.00. The maximum absolute atomic E-state index is 11.7. The van der Waals surface area contributed by atoms with Crippen molar-refractivity contribution in [1.29, 1.82) is 0 Å². The number of rotatable bonds is 2. The summed E-state index contributed by atoms with van der Waals surface area (Å²) in [7, 11) is 2.62. The van der Waals surface area contributed by atoms with E-state index in [1.165, 1.54) is 14.1 Å². The third-order valence-corrected chi connectivity index (χ3v) is 0.991. The van der Waals surface area contributed by atoms with Gasteiger partial charge in [0, 0.05) is 0 Å². The molecule has 68 valence electrons. The largest absolute Gasteiger partial charge is 0.444 e. The van der Waals surface area contributed by atoms with E-state index in [0.29, 0.717) is 0 Å². The first-order valence-electron chi connectivity index (χ1n) is 2.83. The van der Waals surface area contributed by atoms with Gasteiger partial charge in [0.2, 0.25) is 0 Å². The Morgan fingerprint density at radius 2 is 1.55 bits per heavy atom. The van der Waals surface area contributed by atoms with Crippen molar-refractivity contribution in [1.82, 2.24) is 4.90 Å². The van der Waals surface area contributed by atoms with Gasteiger partial charge < -0.3 is 15.1 Å². The third-order valence-electron chi connectivity index (χ3n) is 0.991. The van der Waals surface area contributed by atoms with Gasteiger partial charge in [-0.2, -0.15) is 13.2 Å². The van der Waals surface area contributed by atoms with Crippen LogP contribution in [0.4, 0.5) is 13.2 Å². The molecular weight excluding hydrogens is 163 g/mol. The van der Waals surface area contributed by atoms with Gasteiger partial charge in [0.15, 0.2) is 0 Å². The summed E-state index contributed by atoms with van der Waals surface area (Å²) in [6.07, 6.45) is -5.00. The molecule has 0 aromatic rings. The second kappa shape index (κ2) is 2.96. The Morgan fingerprint density at radius 1 is 1.18 bits per heavy atom. The number of halogens is 3. The van der Waals surface area contributed by atoms with E-state index in [9.17, 15) is 13.2 Å². The monoisotopic (exact) mass is 173 g/mol. The van der Waals surface area contributed by atoms with Crippen molar-refractivity contribution in [3.05, 3.63) is 0 Å². The van der Waals surface area contributed by atoms with Crippen LogP contribution in [-0.4, -0.2) is 47.7 Å². The quantitative estimate of drug-likeness (QED) is 0.568. The second-order valence-electron chi connectivity index (χ2n) is 2.55. The van der Waals surface area contributed by atoms with Crippen LogP contribution in [0.25, 0.3) is 0 Å². The lowest BCUT2D eigenvalue weighted by atomic mass is 10.2. The van der Waals surface area contributed by atoms with Crippen molar-refractivity contribution in [3.63, 3.8) is 0 Å². The maximum Gasteiger partial charge on any atom is 0.444 e. The summed E-state index contributed by atoms with van der Waals surface area (Å²) >= 11 is 0. The zero-order valence-electron chi connectivity index (χ0n) is 6.18. The molecule has 3 nitrogen and oxygen atoms in total. The normalized spacial score (nSPS) is 14.2. The van der Waals surface area contributed by atoms with Gasteiger partial charge in [-0.05, 0) is 14.1 Å². The van der Waals surface area contributed by atoms with Crippen LogP contribution in [0.15, 0.2) is 0 Å². The smallest absolute Gasteiger partial charge is 0.358 e. The predicted octanol–water partition coefficient (Wildman–Crippen LogP) is -0.209. The average molecular weight is 173 g/mol. The summed E-state index contributed by atoms with van der Waals surface area (Å²) in [5.74, 6) is -3.61. The first-order valence-corrected chi connectivity index (χ1v) is 2.83. The molecule has 0 unspecified atom stereocenters. The van der Waals surface area contributed by atoms with Crippen LogP contribution in [0.3, 0.4) is 0 Å². The molecule has 0 saturated carbocycles. The van der Waals surface area contributed by atoms with Gasteiger partial charge in [-0.15, -0.1) is 0 Å². The Kier molecular flexibility index (Phi) is 2.87. The SMILES string of the molecule is CN(C)CC(O)(O)C(F)(F)F. The van der Waals surface area contributed by atoms with Crippen molar-refractivity contribution in [3.8, 4) is 0 Å². The molecule has 0 spiro atoms. The molecule has 0 aliphatic carbocycles. The highest BCUT2D eigenvalue weighted by molar-refractivity contribution is 4.76. The van der Waals surface area contributed by atoms with E-state index in [-0.39, 0.29) is 0 Å². The highest BCUT2D eigenvalue weighted by atomic mass is 19.4. The van der Waals surface area contributed by atoms with Gasteiger partial charge >= 0.3 is 6.18 Å². The number of aliphatic hydroxyl groups is 2. The molecule has 0 amide bonds. The number of likely N-dealkylation sites (N-methyl/N-ethyl adjacent to an activating group) is 1. The summed E-state index contributed by atoms with van der Waals surface area (Å²) in [6.45, 7) is -0.865. The van der Waals surface area contributed by atoms with Crippen LogP contribution < -0.4 is 0 Å². The Balaban J connectivity index is 4.22. The molecule has 0 atom stereocenters. The summed E-state index contributed by atoms with van der Waals surface area (Å²) in [5, 5.41) is 16.8. The minimum absolute atomic E-state index is 0.865. The molecule has 11 heavy (non-hydrogen) atoms. The topological polar surface area (TPSA) is 43.7 Å². The van der Waals surface area contributed by atoms with Crippen LogP contribution in [0.5, 0.6) is 0 Å². The van der Waals surface area contributed by atoms with Crippen LogP contribution in [0.2, 0.25) is 0 Å². The number of hydrogen-bond acceptors (Lipinski definition) is 3. The molecule has 2 N–H and O–H groups in total. The molecule has 0 aromatic heterocycles. The zero-order chi connectivity index (χ0) is 9.28. The zero-order valence-corrected chi connectivity index (χ0v) is 6.18. The van der Waals surface area contributed by atoms with E-state index < -0.39 is 18.5 Å². The van der Waals surface area contributed by atoms with E-state index in [0.717, 1.165) is 4.90 Å². The lowest BCUT2D eigenvalue weighted by Gasteiger charge is -2.27. The van der Waals surface area contributed by atoms with Crippen molar-refractivity contribution in [2.75, 3.05) is 20.6 Å². The molecule has 0 aliphatic rings. The Hall–Kier alpha value is -0.330. The summed E-state index contributed by atoms with van der Waals surface area (Å²) in [5.41, 5.74) is 0. The Labute approximate surface area is 62.0 Å². The summed E-state index contributed by atoms with van der Waals surface area (Å²) in [6, 6.07) is 0. The van der Waals surface area contributed by atoms with E-state index in [1.807, 2.05) is 0 Å². The molecule has 0 rings (SSSR count). The Bertz CT molecular complexity index is 132. The van der Waals surface area contributed by atoms with Gasteiger partial charge in [0.25, 0.3) is 5.79 Å². The van der Waals surface area contributed by atoms with Gasteiger partial charge in [-0.3, -0.25) is 0 Å². The van der Waals surface area contributed by atoms with Gasteiger partial charge in [-0.1, -0.05) is 0 Å². The van der Waals surface area contributed by atoms with E-state index in [4.69, 9.17) is 10.2 Å². The van der Waals surface area contributed by atoms with Crippen molar-refractivity contribution >= 4 is 0 Å². The highest BCUT2D eigenvalue weighted by Gasteiger charge is 2.52. The number of alkyl halides is 3. The minimum Gasteiger partial charge on any atom is -0.358 e. The lowest BCUT2D eigenvalue weighted by molar-refractivity contribution is -0.350. The van der Waals surface area contributed by atoms with E-state index in [2.05, 4.69) is 0 Å². The first-order chi connectivity index (χ1) is 4.67. The van der Waals surface area contributed by atoms with E-state index in [1.54, 1.807) is 0 Å². The molecule has 0 bridgehead atoms. The first kappa shape index (κ1) is 10.7. The Morgan fingerprint density at radius 3 is 1.64 bits per heavy atom. The number of hydrogen-bond donors (Lipinski definition) is 2. The van der Waals surface area contributed by atoms with Crippen LogP contribution in [0, 0.1) is 0 Å². The molecule has 0 aromatic carbocycles.